The summed E-state index contributed by atoms with van der Waals surface area (Å²) in [6.07, 6.45) is 0.945. The number of hydrogen-bond donors (Lipinski definition) is 1. The largest absolute Gasteiger partial charge is 0.461 e. The molecule has 45 heavy (non-hydrogen) atoms. The third-order valence-electron chi connectivity index (χ3n) is 7.14. The van der Waals surface area contributed by atoms with Crippen molar-refractivity contribution in [3.05, 3.63) is 132 Å². The highest BCUT2D eigenvalue weighted by Gasteiger charge is 2.27. The average Bonchev–Trinajstić information content (AvgIpc) is 3.05. The van der Waals surface area contributed by atoms with Crippen LogP contribution in [0, 0.1) is 5.92 Å². The Morgan fingerprint density at radius 1 is 0.689 bits per heavy atom. The van der Waals surface area contributed by atoms with Crippen molar-refractivity contribution in [3.63, 3.8) is 0 Å². The van der Waals surface area contributed by atoms with Crippen LogP contribution in [0.2, 0.25) is 0 Å². The molecule has 0 saturated heterocycles. The van der Waals surface area contributed by atoms with E-state index in [1.165, 1.54) is 0 Å². The van der Waals surface area contributed by atoms with Crippen molar-refractivity contribution in [1.82, 2.24) is 5.32 Å². The molecule has 0 aliphatic carbocycles. The monoisotopic (exact) mass is 607 g/mol. The van der Waals surface area contributed by atoms with Gasteiger partial charge in [-0.25, -0.2) is 9.59 Å². The zero-order valence-corrected chi connectivity index (χ0v) is 26.1. The van der Waals surface area contributed by atoms with Gasteiger partial charge in [-0.1, -0.05) is 110 Å². The molecule has 0 saturated carbocycles. The van der Waals surface area contributed by atoms with Gasteiger partial charge in [-0.05, 0) is 68.0 Å². The standard InChI is InChI=1S/C38H41NO6/c1-38(2,3)45-36(41)33(27-43-35(40)32-18-11-6-12-19-32)20-13-21-34(39-37(42)44-26-28-14-7-4-8-15-28)31-24-22-30(23-25-31)29-16-9-5-10-17-29/h4-12,14-19,22-25,33-34H,13,20-21,26-27H2,1-3H3,(H,39,42). The van der Waals surface area contributed by atoms with E-state index in [1.54, 1.807) is 45.0 Å². The Bertz CT molecular complexity index is 1500. The van der Waals surface area contributed by atoms with Gasteiger partial charge in [0.15, 0.2) is 0 Å². The summed E-state index contributed by atoms with van der Waals surface area (Å²) in [4.78, 5) is 38.6. The van der Waals surface area contributed by atoms with E-state index in [0.29, 0.717) is 24.8 Å². The second-order valence-electron chi connectivity index (χ2n) is 11.9. The minimum Gasteiger partial charge on any atom is -0.461 e. The molecule has 0 radical (unpaired) electrons. The van der Waals surface area contributed by atoms with Crippen molar-refractivity contribution in [3.8, 4) is 11.1 Å². The summed E-state index contributed by atoms with van der Waals surface area (Å²) < 4.78 is 16.7. The Labute approximate surface area is 265 Å². The minimum atomic E-state index is -0.689. The Morgan fingerprint density at radius 3 is 1.89 bits per heavy atom. The van der Waals surface area contributed by atoms with E-state index < -0.39 is 29.6 Å². The van der Waals surface area contributed by atoms with Crippen LogP contribution in [-0.2, 0) is 25.6 Å². The molecular formula is C38H41NO6. The van der Waals surface area contributed by atoms with E-state index in [2.05, 4.69) is 5.32 Å². The molecule has 0 aliphatic rings. The summed E-state index contributed by atoms with van der Waals surface area (Å²) in [5, 5.41) is 3.01. The molecule has 0 aliphatic heterocycles. The molecule has 4 aromatic carbocycles. The molecule has 4 aromatic rings. The predicted molar refractivity (Wildman–Crippen MR) is 174 cm³/mol. The molecule has 0 heterocycles. The molecule has 2 unspecified atom stereocenters. The van der Waals surface area contributed by atoms with Crippen LogP contribution in [0.5, 0.6) is 0 Å². The second-order valence-corrected chi connectivity index (χ2v) is 11.9. The van der Waals surface area contributed by atoms with Crippen molar-refractivity contribution in [1.29, 1.82) is 0 Å². The molecule has 234 valence electrons. The second kappa shape index (κ2) is 16.2. The lowest BCUT2D eigenvalue weighted by Crippen LogP contribution is -2.32. The topological polar surface area (TPSA) is 90.9 Å². The Kier molecular flexibility index (Phi) is 11.9. The van der Waals surface area contributed by atoms with Gasteiger partial charge in [-0.2, -0.15) is 0 Å². The van der Waals surface area contributed by atoms with Crippen molar-refractivity contribution < 1.29 is 28.6 Å². The number of benzene rings is 4. The molecule has 0 fully saturated rings. The van der Waals surface area contributed by atoms with E-state index in [4.69, 9.17) is 14.2 Å². The number of rotatable bonds is 13. The van der Waals surface area contributed by atoms with Crippen LogP contribution in [0.3, 0.4) is 0 Å². The molecule has 0 spiro atoms. The van der Waals surface area contributed by atoms with Crippen LogP contribution in [-0.4, -0.2) is 30.2 Å². The number of ether oxygens (including phenoxy) is 3. The molecule has 1 N–H and O–H groups in total. The number of amides is 1. The molecule has 2 atom stereocenters. The maximum Gasteiger partial charge on any atom is 0.407 e. The lowest BCUT2D eigenvalue weighted by atomic mass is 9.95. The van der Waals surface area contributed by atoms with Crippen molar-refractivity contribution in [2.45, 2.75) is 58.3 Å². The molecular weight excluding hydrogens is 566 g/mol. The highest BCUT2D eigenvalue weighted by molar-refractivity contribution is 5.89. The van der Waals surface area contributed by atoms with Crippen LogP contribution in [0.25, 0.3) is 11.1 Å². The van der Waals surface area contributed by atoms with Gasteiger partial charge in [0.05, 0.1) is 17.5 Å². The van der Waals surface area contributed by atoms with Crippen LogP contribution in [0.1, 0.15) is 67.6 Å². The maximum absolute atomic E-state index is 13.1. The van der Waals surface area contributed by atoms with Crippen molar-refractivity contribution >= 4 is 18.0 Å². The number of esters is 2. The predicted octanol–water partition coefficient (Wildman–Crippen LogP) is 8.31. The molecule has 7 heteroatoms. The normalized spacial score (nSPS) is 12.4. The quantitative estimate of drug-likeness (QED) is 0.121. The van der Waals surface area contributed by atoms with E-state index >= 15 is 0 Å². The van der Waals surface area contributed by atoms with Crippen molar-refractivity contribution in [2.75, 3.05) is 6.61 Å². The number of carbonyl (C=O) groups excluding carboxylic acids is 3. The van der Waals surface area contributed by atoms with Gasteiger partial charge in [0.1, 0.15) is 18.8 Å². The summed E-state index contributed by atoms with van der Waals surface area (Å²) in [5.41, 5.74) is 3.69. The first-order valence-corrected chi connectivity index (χ1v) is 15.3. The summed E-state index contributed by atoms with van der Waals surface area (Å²) in [7, 11) is 0. The van der Waals surface area contributed by atoms with E-state index in [9.17, 15) is 14.4 Å². The fourth-order valence-electron chi connectivity index (χ4n) is 4.82. The Morgan fingerprint density at radius 2 is 1.27 bits per heavy atom. The highest BCUT2D eigenvalue weighted by Crippen LogP contribution is 2.26. The Hall–Kier alpha value is -4.91. The number of alkyl carbamates (subject to hydrolysis) is 1. The first-order chi connectivity index (χ1) is 21.7. The molecule has 0 aromatic heterocycles. The zero-order chi connectivity index (χ0) is 32.1. The van der Waals surface area contributed by atoms with Gasteiger partial charge in [-0.3, -0.25) is 4.79 Å². The van der Waals surface area contributed by atoms with Gasteiger partial charge in [0.25, 0.3) is 0 Å². The van der Waals surface area contributed by atoms with Crippen LogP contribution < -0.4 is 5.32 Å². The average molecular weight is 608 g/mol. The number of nitrogens with one attached hydrogen (secondary N) is 1. The molecule has 7 nitrogen and oxygen atoms in total. The summed E-state index contributed by atoms with van der Waals surface area (Å²) in [6.45, 7) is 5.46. The van der Waals surface area contributed by atoms with Gasteiger partial charge < -0.3 is 19.5 Å². The van der Waals surface area contributed by atoms with Gasteiger partial charge in [-0.15, -0.1) is 0 Å². The number of carbonyl (C=O) groups is 3. The number of hydrogen-bond acceptors (Lipinski definition) is 6. The highest BCUT2D eigenvalue weighted by atomic mass is 16.6. The maximum atomic E-state index is 13.1. The van der Waals surface area contributed by atoms with Crippen molar-refractivity contribution in [2.24, 2.45) is 5.92 Å². The molecule has 0 bridgehead atoms. The van der Waals surface area contributed by atoms with Gasteiger partial charge in [0.2, 0.25) is 0 Å². The fourth-order valence-corrected chi connectivity index (χ4v) is 4.82. The fraction of sp³-hybridized carbons (Fsp3) is 0.289. The summed E-state index contributed by atoms with van der Waals surface area (Å²) >= 11 is 0. The summed E-state index contributed by atoms with van der Waals surface area (Å²) in [5.74, 6) is -1.59. The van der Waals surface area contributed by atoms with Crippen LogP contribution >= 0.6 is 0 Å². The summed E-state index contributed by atoms with van der Waals surface area (Å²) in [6, 6.07) is 35.9. The lowest BCUT2D eigenvalue weighted by molar-refractivity contribution is -0.161. The first-order valence-electron chi connectivity index (χ1n) is 15.3. The lowest BCUT2D eigenvalue weighted by Gasteiger charge is -2.25. The minimum absolute atomic E-state index is 0.106. The van der Waals surface area contributed by atoms with E-state index in [0.717, 1.165) is 22.3 Å². The van der Waals surface area contributed by atoms with Gasteiger partial charge >= 0.3 is 18.0 Å². The third kappa shape index (κ3) is 10.9. The van der Waals surface area contributed by atoms with E-state index in [1.807, 2.05) is 91.0 Å². The zero-order valence-electron chi connectivity index (χ0n) is 26.1. The molecule has 4 rings (SSSR count). The first kappa shape index (κ1) is 33.0. The van der Waals surface area contributed by atoms with Crippen LogP contribution in [0.4, 0.5) is 4.79 Å². The van der Waals surface area contributed by atoms with E-state index in [-0.39, 0.29) is 19.3 Å². The third-order valence-corrected chi connectivity index (χ3v) is 7.14. The van der Waals surface area contributed by atoms with Crippen LogP contribution in [0.15, 0.2) is 115 Å². The molecule has 1 amide bonds. The smallest absolute Gasteiger partial charge is 0.407 e. The SMILES string of the molecule is CC(C)(C)OC(=O)C(CCCC(NC(=O)OCc1ccccc1)c1ccc(-c2ccccc2)cc1)COC(=O)c1ccccc1. The van der Waals surface area contributed by atoms with Gasteiger partial charge in [0, 0.05) is 0 Å². The Balaban J connectivity index is 1.44.